The van der Waals surface area contributed by atoms with Gasteiger partial charge in [0.25, 0.3) is 5.01 Å². The molecule has 0 spiro atoms. The zero-order chi connectivity index (χ0) is 31.3. The Morgan fingerprint density at radius 1 is 0.739 bits per heavy atom. The summed E-state index contributed by atoms with van der Waals surface area (Å²) in [5.41, 5.74) is 9.02. The number of thiazole rings is 1. The molecule has 3 nitrogen and oxygen atoms in total. The average Bonchev–Trinajstić information content (AvgIpc) is 3.78. The molecule has 4 aromatic carbocycles. The van der Waals surface area contributed by atoms with E-state index in [4.69, 9.17) is 0 Å². The van der Waals surface area contributed by atoms with Gasteiger partial charge in [0.05, 0.1) is 16.4 Å². The smallest absolute Gasteiger partial charge is 0.262 e. The number of anilines is 3. The molecule has 0 atom stereocenters. The molecule has 0 amide bonds. The molecule has 46 heavy (non-hydrogen) atoms. The molecule has 1 aliphatic carbocycles. The second kappa shape index (κ2) is 14.0. The van der Waals surface area contributed by atoms with Gasteiger partial charge in [-0.25, -0.2) is 0 Å². The number of hydrogen-bond donors (Lipinski definition) is 0. The van der Waals surface area contributed by atoms with Crippen LogP contribution in [0.4, 0.5) is 17.1 Å². The maximum absolute atomic E-state index is 2.48. The standard InChI is InChI=1S/C41H40N3S2/c1-3-29-42-35-19-11-13-21-37(35)45-39(42)27-25-31-23-24-32(26-28-40-43(30-4-2)36-20-12-14-22-38(36)46-40)41(31)44(33-15-7-5-8-16-33)34-17-9-6-10-18-34/h5-22,25-28H,3-4,23-24,29-30H2,1-2H3/q+1. The van der Waals surface area contributed by atoms with E-state index >= 15 is 0 Å². The summed E-state index contributed by atoms with van der Waals surface area (Å²) in [5, 5.41) is 2.60. The minimum atomic E-state index is 1.00. The Morgan fingerprint density at radius 2 is 1.43 bits per heavy atom. The Balaban J connectivity index is 1.36. The van der Waals surface area contributed by atoms with E-state index in [0.29, 0.717) is 0 Å². The van der Waals surface area contributed by atoms with Crippen molar-refractivity contribution in [3.05, 3.63) is 154 Å². The van der Waals surface area contributed by atoms with Gasteiger partial charge in [0.2, 0.25) is 5.52 Å². The van der Waals surface area contributed by atoms with Gasteiger partial charge >= 0.3 is 0 Å². The van der Waals surface area contributed by atoms with E-state index in [1.807, 2.05) is 23.1 Å². The number of allylic oxidation sites excluding steroid dienone is 5. The highest BCUT2D eigenvalue weighted by atomic mass is 32.2. The molecule has 0 bridgehead atoms. The Labute approximate surface area is 281 Å². The van der Waals surface area contributed by atoms with E-state index in [9.17, 15) is 0 Å². The van der Waals surface area contributed by atoms with Gasteiger partial charge in [0, 0.05) is 41.4 Å². The summed E-state index contributed by atoms with van der Waals surface area (Å²) in [4.78, 5) is 6.28. The van der Waals surface area contributed by atoms with Crippen LogP contribution in [0.25, 0.3) is 16.3 Å². The number of thioether (sulfide) groups is 1. The fraction of sp³-hybridized carbons (Fsp3) is 0.195. The van der Waals surface area contributed by atoms with Crippen LogP contribution < -0.4 is 14.4 Å². The van der Waals surface area contributed by atoms with E-state index in [0.717, 1.165) is 38.8 Å². The molecule has 5 heteroatoms. The van der Waals surface area contributed by atoms with Gasteiger partial charge in [-0.15, -0.1) is 0 Å². The lowest BCUT2D eigenvalue weighted by Crippen LogP contribution is -2.34. The van der Waals surface area contributed by atoms with Gasteiger partial charge in [-0.3, -0.25) is 0 Å². The van der Waals surface area contributed by atoms with Crippen LogP contribution in [0, 0.1) is 0 Å². The summed E-state index contributed by atoms with van der Waals surface area (Å²) < 4.78 is 3.82. The number of fused-ring (bicyclic) bond motifs is 2. The van der Waals surface area contributed by atoms with Crippen molar-refractivity contribution in [3.63, 3.8) is 0 Å². The minimum absolute atomic E-state index is 1.00. The first-order valence-electron chi connectivity index (χ1n) is 16.4. The molecule has 0 saturated carbocycles. The molecule has 5 aromatic rings. The molecule has 1 aliphatic heterocycles. The number of benzene rings is 4. The monoisotopic (exact) mass is 638 g/mol. The Bertz CT molecular complexity index is 1910. The zero-order valence-electron chi connectivity index (χ0n) is 26.6. The zero-order valence-corrected chi connectivity index (χ0v) is 28.2. The van der Waals surface area contributed by atoms with Crippen molar-refractivity contribution in [1.29, 1.82) is 0 Å². The first-order chi connectivity index (χ1) is 22.7. The van der Waals surface area contributed by atoms with Crippen molar-refractivity contribution in [2.45, 2.75) is 51.0 Å². The fourth-order valence-corrected chi connectivity index (χ4v) is 8.67. The average molecular weight is 639 g/mol. The molecule has 0 N–H and O–H groups in total. The van der Waals surface area contributed by atoms with Crippen LogP contribution in [-0.4, -0.2) is 6.54 Å². The molecule has 2 heterocycles. The van der Waals surface area contributed by atoms with Gasteiger partial charge in [0.1, 0.15) is 11.2 Å². The lowest BCUT2D eigenvalue weighted by molar-refractivity contribution is -0.668. The third-order valence-electron chi connectivity index (χ3n) is 8.55. The van der Waals surface area contributed by atoms with Crippen LogP contribution in [0.15, 0.2) is 154 Å². The summed E-state index contributed by atoms with van der Waals surface area (Å²) in [6.07, 6.45) is 13.7. The highest BCUT2D eigenvalue weighted by molar-refractivity contribution is 8.03. The molecular weight excluding hydrogens is 599 g/mol. The number of aryl methyl sites for hydroxylation is 1. The fourth-order valence-electron chi connectivity index (χ4n) is 6.49. The Kier molecular flexibility index (Phi) is 9.22. The lowest BCUT2D eigenvalue weighted by atomic mass is 10.1. The highest BCUT2D eigenvalue weighted by Crippen LogP contribution is 2.47. The Hall–Kier alpha value is -4.32. The van der Waals surface area contributed by atoms with E-state index in [1.54, 1.807) is 0 Å². The third-order valence-corrected chi connectivity index (χ3v) is 10.8. The molecule has 7 rings (SSSR count). The lowest BCUT2D eigenvalue weighted by Gasteiger charge is -2.28. The van der Waals surface area contributed by atoms with Crippen LogP contribution in [0.1, 0.15) is 44.5 Å². The van der Waals surface area contributed by atoms with E-state index in [2.05, 4.69) is 162 Å². The van der Waals surface area contributed by atoms with E-state index < -0.39 is 0 Å². The number of nitrogens with zero attached hydrogens (tertiary/aromatic N) is 3. The number of aromatic nitrogens is 1. The summed E-state index contributed by atoms with van der Waals surface area (Å²) in [7, 11) is 0. The van der Waals surface area contributed by atoms with Crippen molar-refractivity contribution < 1.29 is 4.57 Å². The molecule has 230 valence electrons. The topological polar surface area (TPSA) is 10.4 Å². The second-order valence-corrected chi connectivity index (χ2v) is 13.8. The van der Waals surface area contributed by atoms with Gasteiger partial charge in [0.15, 0.2) is 0 Å². The Morgan fingerprint density at radius 3 is 2.17 bits per heavy atom. The van der Waals surface area contributed by atoms with Crippen molar-refractivity contribution in [2.75, 3.05) is 16.3 Å². The third kappa shape index (κ3) is 6.10. The van der Waals surface area contributed by atoms with E-state index in [1.165, 1.54) is 59.1 Å². The molecular formula is C41H40N3S2+. The molecule has 0 unspecified atom stereocenters. The predicted octanol–water partition coefficient (Wildman–Crippen LogP) is 11.3. The molecule has 0 fully saturated rings. The normalized spacial score (nSPS) is 16.4. The number of para-hydroxylation sites is 4. The van der Waals surface area contributed by atoms with Gasteiger partial charge < -0.3 is 9.80 Å². The summed E-state index contributed by atoms with van der Waals surface area (Å²) >= 11 is 3.77. The quantitative estimate of drug-likeness (QED) is 0.141. The maximum Gasteiger partial charge on any atom is 0.262 e. The molecule has 0 radical (unpaired) electrons. The van der Waals surface area contributed by atoms with Crippen molar-refractivity contribution >= 4 is 56.5 Å². The van der Waals surface area contributed by atoms with Crippen LogP contribution in [0.2, 0.25) is 0 Å². The summed E-state index contributed by atoms with van der Waals surface area (Å²) in [6.45, 7) is 6.55. The highest BCUT2D eigenvalue weighted by Gasteiger charge is 2.28. The largest absolute Gasteiger partial charge is 0.335 e. The van der Waals surface area contributed by atoms with Gasteiger partial charge in [-0.05, 0) is 85.0 Å². The van der Waals surface area contributed by atoms with Crippen LogP contribution in [-0.2, 0) is 6.54 Å². The molecule has 2 aliphatic rings. The van der Waals surface area contributed by atoms with Crippen molar-refractivity contribution in [1.82, 2.24) is 0 Å². The van der Waals surface area contributed by atoms with E-state index in [-0.39, 0.29) is 0 Å². The minimum Gasteiger partial charge on any atom is -0.335 e. The first-order valence-corrected chi connectivity index (χ1v) is 18.1. The van der Waals surface area contributed by atoms with Crippen molar-refractivity contribution in [3.8, 4) is 0 Å². The second-order valence-electron chi connectivity index (χ2n) is 11.7. The maximum atomic E-state index is 2.48. The van der Waals surface area contributed by atoms with Crippen LogP contribution >= 0.6 is 23.1 Å². The van der Waals surface area contributed by atoms with Crippen LogP contribution in [0.3, 0.4) is 0 Å². The number of hydrogen-bond acceptors (Lipinski definition) is 4. The van der Waals surface area contributed by atoms with Crippen molar-refractivity contribution in [2.24, 2.45) is 0 Å². The first kappa shape index (κ1) is 30.3. The van der Waals surface area contributed by atoms with Gasteiger partial charge in [-0.2, -0.15) is 4.57 Å². The predicted molar refractivity (Wildman–Crippen MR) is 199 cm³/mol. The summed E-state index contributed by atoms with van der Waals surface area (Å²) in [6, 6.07) is 39.2. The van der Waals surface area contributed by atoms with Crippen LogP contribution in [0.5, 0.6) is 0 Å². The number of rotatable bonds is 10. The van der Waals surface area contributed by atoms with Gasteiger partial charge in [-0.1, -0.05) is 104 Å². The SMILES string of the molecule is CCCN1C(=CC=C2CCC(C=Cc3sc4ccccc4[n+]3CCC)=C2N(c2ccccc2)c2ccccc2)Sc2ccccc21. The molecule has 1 aromatic heterocycles. The molecule has 0 saturated heterocycles. The summed E-state index contributed by atoms with van der Waals surface area (Å²) in [5.74, 6) is 0.